The van der Waals surface area contributed by atoms with E-state index in [9.17, 15) is 18.0 Å². The molecule has 22 heavy (non-hydrogen) atoms. The number of benzene rings is 2. The van der Waals surface area contributed by atoms with Crippen molar-refractivity contribution in [2.75, 3.05) is 0 Å². The smallest absolute Gasteiger partial charge is 0.288 e. The van der Waals surface area contributed by atoms with Crippen molar-refractivity contribution in [3.63, 3.8) is 0 Å². The van der Waals surface area contributed by atoms with Gasteiger partial charge in [-0.15, -0.1) is 0 Å². The van der Waals surface area contributed by atoms with E-state index in [2.05, 4.69) is 0 Å². The number of halogens is 4. The third-order valence-corrected chi connectivity index (χ3v) is 4.27. The Morgan fingerprint density at radius 3 is 2.27 bits per heavy atom. The minimum absolute atomic E-state index is 0.282. The van der Waals surface area contributed by atoms with Crippen LogP contribution in [-0.4, -0.2) is 11.3 Å². The number of thioether (sulfide) groups is 1. The molecule has 0 aliphatic heterocycles. The van der Waals surface area contributed by atoms with Crippen LogP contribution in [0.1, 0.15) is 21.5 Å². The van der Waals surface area contributed by atoms with Crippen molar-refractivity contribution in [2.45, 2.75) is 5.51 Å². The number of fused-ring (bicyclic) bond motifs is 1. The molecule has 0 saturated heterocycles. The van der Waals surface area contributed by atoms with Crippen LogP contribution in [0.2, 0.25) is 5.02 Å². The van der Waals surface area contributed by atoms with Crippen molar-refractivity contribution in [3.8, 4) is 0 Å². The Hall–Kier alpha value is -1.72. The molecule has 0 fully saturated rings. The van der Waals surface area contributed by atoms with Gasteiger partial charge in [-0.2, -0.15) is 13.2 Å². The van der Waals surface area contributed by atoms with E-state index in [1.165, 1.54) is 6.07 Å². The fourth-order valence-electron chi connectivity index (χ4n) is 2.40. The Kier molecular flexibility index (Phi) is 3.78. The zero-order valence-corrected chi connectivity index (χ0v) is 12.5. The molecule has 0 spiro atoms. The lowest BCUT2D eigenvalue weighted by Crippen LogP contribution is -2.05. The van der Waals surface area contributed by atoms with Gasteiger partial charge in [-0.25, -0.2) is 0 Å². The van der Waals surface area contributed by atoms with Gasteiger partial charge in [0.25, 0.3) is 0 Å². The van der Waals surface area contributed by atoms with Gasteiger partial charge in [-0.3, -0.25) is 4.79 Å². The number of carbonyl (C=O) groups is 1. The molecular formula is C16H8ClF3OS. The highest BCUT2D eigenvalue weighted by molar-refractivity contribution is 8.05. The molecule has 0 saturated carbocycles. The first-order valence-electron chi connectivity index (χ1n) is 6.27. The molecule has 1 aliphatic rings. The van der Waals surface area contributed by atoms with Gasteiger partial charge in [-0.05, 0) is 35.0 Å². The minimum atomic E-state index is -4.53. The molecule has 0 N–H and O–H groups in total. The van der Waals surface area contributed by atoms with Gasteiger partial charge in [0.1, 0.15) is 0 Å². The second-order valence-corrected chi connectivity index (χ2v) is 6.15. The van der Waals surface area contributed by atoms with Crippen LogP contribution in [0.5, 0.6) is 0 Å². The van der Waals surface area contributed by atoms with E-state index in [1.807, 2.05) is 0 Å². The van der Waals surface area contributed by atoms with Gasteiger partial charge in [-0.1, -0.05) is 48.0 Å². The fourth-order valence-corrected chi connectivity index (χ4v) is 3.36. The zero-order chi connectivity index (χ0) is 15.9. The van der Waals surface area contributed by atoms with Crippen molar-refractivity contribution in [1.29, 1.82) is 0 Å². The van der Waals surface area contributed by atoms with Crippen LogP contribution in [0.25, 0.3) is 5.57 Å². The highest BCUT2D eigenvalue weighted by atomic mass is 35.5. The maximum absolute atomic E-state index is 12.8. The van der Waals surface area contributed by atoms with Crippen LogP contribution in [0.3, 0.4) is 0 Å². The van der Waals surface area contributed by atoms with E-state index in [0.717, 1.165) is 0 Å². The molecule has 0 aromatic heterocycles. The summed E-state index contributed by atoms with van der Waals surface area (Å²) in [5, 5.41) is 0.401. The minimum Gasteiger partial charge on any atom is -0.288 e. The van der Waals surface area contributed by atoms with Crippen LogP contribution in [0, 0.1) is 0 Å². The number of alkyl halides is 3. The summed E-state index contributed by atoms with van der Waals surface area (Å²) >= 11 is 5.56. The number of Topliss-reactive ketones (excluding diaryl/α,β-unsaturated/α-hetero) is 1. The maximum Gasteiger partial charge on any atom is 0.446 e. The average molecular weight is 341 g/mol. The summed E-state index contributed by atoms with van der Waals surface area (Å²) < 4.78 is 38.5. The van der Waals surface area contributed by atoms with E-state index in [0.29, 0.717) is 16.1 Å². The molecule has 0 radical (unpaired) electrons. The number of ketones is 1. The molecule has 0 bridgehead atoms. The second-order valence-electron chi connectivity index (χ2n) is 4.64. The van der Waals surface area contributed by atoms with Gasteiger partial charge >= 0.3 is 5.51 Å². The number of hydrogen-bond donors (Lipinski definition) is 0. The highest BCUT2D eigenvalue weighted by Gasteiger charge is 2.39. The monoisotopic (exact) mass is 340 g/mol. The van der Waals surface area contributed by atoms with E-state index >= 15 is 0 Å². The van der Waals surface area contributed by atoms with Crippen molar-refractivity contribution < 1.29 is 18.0 Å². The Labute approximate surface area is 133 Å². The van der Waals surface area contributed by atoms with Crippen molar-refractivity contribution in [2.24, 2.45) is 0 Å². The quantitative estimate of drug-likeness (QED) is 0.713. The zero-order valence-electron chi connectivity index (χ0n) is 10.9. The molecule has 0 amide bonds. The number of rotatable bonds is 2. The summed E-state index contributed by atoms with van der Waals surface area (Å²) in [5.41, 5.74) is -2.97. The van der Waals surface area contributed by atoms with Crippen molar-refractivity contribution >= 4 is 34.7 Å². The first-order valence-corrected chi connectivity index (χ1v) is 7.46. The SMILES string of the molecule is O=C1C(SC(F)(F)F)=C(c2cccc(Cl)c2)c2ccccc21. The van der Waals surface area contributed by atoms with Crippen LogP contribution >= 0.6 is 23.4 Å². The van der Waals surface area contributed by atoms with E-state index in [4.69, 9.17) is 11.6 Å². The highest BCUT2D eigenvalue weighted by Crippen LogP contribution is 2.47. The predicted octanol–water partition coefficient (Wildman–Crippen LogP) is 5.55. The Morgan fingerprint density at radius 2 is 1.64 bits per heavy atom. The molecule has 0 heterocycles. The third kappa shape index (κ3) is 2.78. The molecular weight excluding hydrogens is 333 g/mol. The summed E-state index contributed by atoms with van der Waals surface area (Å²) in [6, 6.07) is 13.0. The average Bonchev–Trinajstić information content (AvgIpc) is 2.71. The lowest BCUT2D eigenvalue weighted by Gasteiger charge is -2.10. The molecule has 0 unspecified atom stereocenters. The summed E-state index contributed by atoms with van der Waals surface area (Å²) in [7, 11) is 0. The molecule has 112 valence electrons. The standard InChI is InChI=1S/C16H8ClF3OS/c17-10-5-3-4-9(8-10)13-11-6-1-2-7-12(11)14(21)15(13)22-16(18,19)20/h1-8H. The van der Waals surface area contributed by atoms with Gasteiger partial charge in [0.2, 0.25) is 5.78 Å². The largest absolute Gasteiger partial charge is 0.446 e. The molecule has 6 heteroatoms. The first kappa shape index (κ1) is 15.2. The maximum atomic E-state index is 12.8. The van der Waals surface area contributed by atoms with E-state index in [1.54, 1.807) is 42.5 Å². The van der Waals surface area contributed by atoms with Crippen LogP contribution in [0.4, 0.5) is 13.2 Å². The Balaban J connectivity index is 2.24. The summed E-state index contributed by atoms with van der Waals surface area (Å²) in [4.78, 5) is 12.0. The Morgan fingerprint density at radius 1 is 0.955 bits per heavy atom. The van der Waals surface area contributed by atoms with Crippen molar-refractivity contribution in [3.05, 3.63) is 75.1 Å². The molecule has 2 aromatic rings. The van der Waals surface area contributed by atoms with Gasteiger partial charge < -0.3 is 0 Å². The summed E-state index contributed by atoms with van der Waals surface area (Å²) in [6.45, 7) is 0. The first-order chi connectivity index (χ1) is 10.4. The molecule has 1 aliphatic carbocycles. The third-order valence-electron chi connectivity index (χ3n) is 3.21. The predicted molar refractivity (Wildman–Crippen MR) is 81.9 cm³/mol. The summed E-state index contributed by atoms with van der Waals surface area (Å²) in [6.07, 6.45) is 0. The van der Waals surface area contributed by atoms with E-state index < -0.39 is 11.3 Å². The number of carbonyl (C=O) groups excluding carboxylic acids is 1. The molecule has 1 nitrogen and oxygen atoms in total. The fraction of sp³-hybridized carbons (Fsp3) is 0.0625. The van der Waals surface area contributed by atoms with Gasteiger partial charge in [0, 0.05) is 16.2 Å². The number of allylic oxidation sites excluding steroid dienone is 1. The second kappa shape index (κ2) is 5.48. The van der Waals surface area contributed by atoms with Crippen LogP contribution < -0.4 is 0 Å². The van der Waals surface area contributed by atoms with Crippen LogP contribution in [-0.2, 0) is 0 Å². The Bertz CT molecular complexity index is 796. The molecule has 0 atom stereocenters. The van der Waals surface area contributed by atoms with Crippen molar-refractivity contribution in [1.82, 2.24) is 0 Å². The van der Waals surface area contributed by atoms with E-state index in [-0.39, 0.29) is 27.8 Å². The molecule has 2 aromatic carbocycles. The normalized spacial score (nSPS) is 14.5. The lowest BCUT2D eigenvalue weighted by molar-refractivity contribution is -0.0322. The van der Waals surface area contributed by atoms with Gasteiger partial charge in [0.15, 0.2) is 0 Å². The van der Waals surface area contributed by atoms with Gasteiger partial charge in [0.05, 0.1) is 4.91 Å². The van der Waals surface area contributed by atoms with Crippen LogP contribution in [0.15, 0.2) is 53.4 Å². The molecule has 3 rings (SSSR count). The lowest BCUT2D eigenvalue weighted by atomic mass is 9.99. The number of hydrogen-bond acceptors (Lipinski definition) is 2. The summed E-state index contributed by atoms with van der Waals surface area (Å²) in [5.74, 6) is -0.604. The topological polar surface area (TPSA) is 17.1 Å².